The summed E-state index contributed by atoms with van der Waals surface area (Å²) < 4.78 is 0. The number of rotatable bonds is 5. The lowest BCUT2D eigenvalue weighted by Gasteiger charge is -2.12. The number of hydrogen-bond donors (Lipinski definition) is 3. The van der Waals surface area contributed by atoms with E-state index < -0.39 is 10.8 Å². The van der Waals surface area contributed by atoms with Crippen molar-refractivity contribution in [1.82, 2.24) is 5.32 Å². The topological polar surface area (TPSA) is 124 Å². The lowest BCUT2D eigenvalue weighted by Crippen LogP contribution is -2.38. The van der Waals surface area contributed by atoms with Crippen molar-refractivity contribution in [3.63, 3.8) is 0 Å². The molecule has 2 rings (SSSR count). The molecular formula is C12H16N4O3. The van der Waals surface area contributed by atoms with Gasteiger partial charge in [-0.1, -0.05) is 6.07 Å². The minimum absolute atomic E-state index is 0.0659. The molecule has 1 aliphatic rings. The first-order chi connectivity index (χ1) is 9.00. The van der Waals surface area contributed by atoms with Crippen molar-refractivity contribution in [2.24, 2.45) is 11.7 Å². The number of nitrogens with zero attached hydrogens (tertiary/aromatic N) is 1. The third-order valence-corrected chi connectivity index (χ3v) is 3.25. The van der Waals surface area contributed by atoms with E-state index in [1.807, 2.05) is 0 Å². The van der Waals surface area contributed by atoms with Gasteiger partial charge in [-0.25, -0.2) is 0 Å². The molecule has 0 spiro atoms. The number of nitrogens with one attached hydrogen (secondary N) is 1. The number of nitrogens with two attached hydrogens (primary N) is 2. The van der Waals surface area contributed by atoms with Gasteiger partial charge >= 0.3 is 0 Å². The van der Waals surface area contributed by atoms with Crippen LogP contribution in [0.5, 0.6) is 0 Å². The van der Waals surface area contributed by atoms with E-state index in [-0.39, 0.29) is 23.0 Å². The predicted molar refractivity (Wildman–Crippen MR) is 70.5 cm³/mol. The van der Waals surface area contributed by atoms with Crippen molar-refractivity contribution in [1.29, 1.82) is 0 Å². The summed E-state index contributed by atoms with van der Waals surface area (Å²) in [6.45, 7) is 0.353. The summed E-state index contributed by atoms with van der Waals surface area (Å²) in [5.74, 6) is 0.0417. The average molecular weight is 264 g/mol. The van der Waals surface area contributed by atoms with Gasteiger partial charge in [0.1, 0.15) is 5.69 Å². The molecule has 1 amide bonds. The van der Waals surface area contributed by atoms with E-state index in [1.54, 1.807) is 0 Å². The van der Waals surface area contributed by atoms with Gasteiger partial charge in [0.25, 0.3) is 11.6 Å². The number of carbonyl (C=O) groups excluding carboxylic acids is 1. The van der Waals surface area contributed by atoms with Gasteiger partial charge in [-0.3, -0.25) is 14.9 Å². The molecule has 0 heterocycles. The molecule has 0 radical (unpaired) electrons. The molecule has 7 heteroatoms. The summed E-state index contributed by atoms with van der Waals surface area (Å²) in [5.41, 5.74) is 11.2. The highest BCUT2D eigenvalue weighted by Gasteiger charge is 2.29. The van der Waals surface area contributed by atoms with Gasteiger partial charge < -0.3 is 16.8 Å². The summed E-state index contributed by atoms with van der Waals surface area (Å²) in [6.07, 6.45) is 2.19. The molecule has 0 aliphatic heterocycles. The van der Waals surface area contributed by atoms with Crippen LogP contribution in [0.2, 0.25) is 0 Å². The minimum Gasteiger partial charge on any atom is -0.393 e. The second kappa shape index (κ2) is 5.23. The molecule has 1 unspecified atom stereocenters. The van der Waals surface area contributed by atoms with Crippen molar-refractivity contribution < 1.29 is 9.72 Å². The highest BCUT2D eigenvalue weighted by molar-refractivity contribution is 6.00. The number of hydrogen-bond acceptors (Lipinski definition) is 5. The third-order valence-electron chi connectivity index (χ3n) is 3.25. The Bertz CT molecular complexity index is 514. The van der Waals surface area contributed by atoms with Crippen LogP contribution >= 0.6 is 0 Å². The molecule has 0 aromatic heterocycles. The maximum atomic E-state index is 11.9. The summed E-state index contributed by atoms with van der Waals surface area (Å²) >= 11 is 0. The van der Waals surface area contributed by atoms with E-state index in [4.69, 9.17) is 11.5 Å². The maximum absolute atomic E-state index is 11.9. The van der Waals surface area contributed by atoms with Crippen LogP contribution < -0.4 is 16.8 Å². The summed E-state index contributed by atoms with van der Waals surface area (Å²) in [6, 6.07) is 4.09. The minimum atomic E-state index is -0.609. The number of para-hydroxylation sites is 1. The van der Waals surface area contributed by atoms with Gasteiger partial charge in [0.2, 0.25) is 0 Å². The average Bonchev–Trinajstić information content (AvgIpc) is 3.19. The van der Waals surface area contributed by atoms with Crippen LogP contribution in [-0.4, -0.2) is 23.4 Å². The number of benzene rings is 1. The number of amides is 1. The highest BCUT2D eigenvalue weighted by Crippen LogP contribution is 2.31. The molecule has 1 fully saturated rings. The number of nitrogen functional groups attached to an aromatic ring is 1. The van der Waals surface area contributed by atoms with E-state index in [1.165, 1.54) is 18.2 Å². The van der Waals surface area contributed by atoms with E-state index >= 15 is 0 Å². The fourth-order valence-electron chi connectivity index (χ4n) is 1.91. The molecule has 1 saturated carbocycles. The Morgan fingerprint density at radius 1 is 1.53 bits per heavy atom. The van der Waals surface area contributed by atoms with Crippen molar-refractivity contribution >= 4 is 17.3 Å². The largest absolute Gasteiger partial charge is 0.393 e. The molecule has 7 nitrogen and oxygen atoms in total. The van der Waals surface area contributed by atoms with Crippen LogP contribution in [0.25, 0.3) is 0 Å². The second-order valence-corrected chi connectivity index (χ2v) is 4.71. The van der Waals surface area contributed by atoms with Gasteiger partial charge in [-0.05, 0) is 24.8 Å². The van der Waals surface area contributed by atoms with Crippen molar-refractivity contribution in [2.45, 2.75) is 18.9 Å². The molecule has 102 valence electrons. The molecule has 0 saturated heterocycles. The Labute approximate surface area is 110 Å². The number of nitro benzene ring substituents is 1. The van der Waals surface area contributed by atoms with Crippen LogP contribution in [0, 0.1) is 16.0 Å². The van der Waals surface area contributed by atoms with Gasteiger partial charge in [0.05, 0.1) is 10.5 Å². The fraction of sp³-hybridized carbons (Fsp3) is 0.417. The molecule has 19 heavy (non-hydrogen) atoms. The van der Waals surface area contributed by atoms with Crippen LogP contribution in [0.4, 0.5) is 11.4 Å². The zero-order valence-corrected chi connectivity index (χ0v) is 10.3. The Balaban J connectivity index is 2.06. The fourth-order valence-corrected chi connectivity index (χ4v) is 1.91. The van der Waals surface area contributed by atoms with Gasteiger partial charge in [-0.2, -0.15) is 0 Å². The SMILES string of the molecule is Nc1c(C(=O)NCC(N)C2CC2)cccc1[N+](=O)[O-]. The summed E-state index contributed by atoms with van der Waals surface area (Å²) in [5, 5.41) is 13.4. The molecule has 1 aliphatic carbocycles. The van der Waals surface area contributed by atoms with Crippen molar-refractivity contribution in [3.05, 3.63) is 33.9 Å². The Kier molecular flexibility index (Phi) is 3.66. The van der Waals surface area contributed by atoms with Gasteiger partial charge in [0.15, 0.2) is 0 Å². The standard InChI is InChI=1S/C12H16N4O3/c13-9(7-4-5-7)6-15-12(17)8-2-1-3-10(11(8)14)16(18)19/h1-3,7,9H,4-6,13-14H2,(H,15,17). The van der Waals surface area contributed by atoms with Crippen LogP contribution in [-0.2, 0) is 0 Å². The van der Waals surface area contributed by atoms with Crippen molar-refractivity contribution in [2.75, 3.05) is 12.3 Å². The van der Waals surface area contributed by atoms with E-state index in [0.29, 0.717) is 12.5 Å². The first-order valence-electron chi connectivity index (χ1n) is 6.07. The molecule has 1 aromatic carbocycles. The van der Waals surface area contributed by atoms with E-state index in [0.717, 1.165) is 12.8 Å². The van der Waals surface area contributed by atoms with Crippen LogP contribution in [0.1, 0.15) is 23.2 Å². The van der Waals surface area contributed by atoms with Crippen LogP contribution in [0.15, 0.2) is 18.2 Å². The van der Waals surface area contributed by atoms with E-state index in [2.05, 4.69) is 5.32 Å². The first-order valence-corrected chi connectivity index (χ1v) is 6.07. The number of nitro groups is 1. The smallest absolute Gasteiger partial charge is 0.292 e. The van der Waals surface area contributed by atoms with E-state index in [9.17, 15) is 14.9 Å². The molecule has 0 bridgehead atoms. The number of carbonyl (C=O) groups is 1. The lowest BCUT2D eigenvalue weighted by molar-refractivity contribution is -0.383. The zero-order valence-electron chi connectivity index (χ0n) is 10.3. The summed E-state index contributed by atoms with van der Waals surface area (Å²) in [4.78, 5) is 22.0. The zero-order chi connectivity index (χ0) is 14.0. The molecular weight excluding hydrogens is 248 g/mol. The summed E-state index contributed by atoms with van der Waals surface area (Å²) in [7, 11) is 0. The molecule has 1 atom stereocenters. The van der Waals surface area contributed by atoms with Crippen molar-refractivity contribution in [3.8, 4) is 0 Å². The predicted octanol–water partition coefficient (Wildman–Crippen LogP) is 0.644. The van der Waals surface area contributed by atoms with Crippen LogP contribution in [0.3, 0.4) is 0 Å². The Hall–Kier alpha value is -2.15. The second-order valence-electron chi connectivity index (χ2n) is 4.71. The first kappa shape index (κ1) is 13.3. The third kappa shape index (κ3) is 3.00. The molecule has 5 N–H and O–H groups in total. The quantitative estimate of drug-likeness (QED) is 0.409. The number of anilines is 1. The Morgan fingerprint density at radius 2 is 2.21 bits per heavy atom. The highest BCUT2D eigenvalue weighted by atomic mass is 16.6. The molecule has 1 aromatic rings. The monoisotopic (exact) mass is 264 g/mol. The normalized spacial score (nSPS) is 15.8. The lowest BCUT2D eigenvalue weighted by atomic mass is 10.1. The van der Waals surface area contributed by atoms with Gasteiger partial charge in [-0.15, -0.1) is 0 Å². The van der Waals surface area contributed by atoms with Gasteiger partial charge in [0, 0.05) is 18.7 Å². The Morgan fingerprint density at radius 3 is 2.79 bits per heavy atom. The maximum Gasteiger partial charge on any atom is 0.292 e.